The van der Waals surface area contributed by atoms with Gasteiger partial charge in [-0.2, -0.15) is 0 Å². The molecule has 3 rings (SSSR count). The van der Waals surface area contributed by atoms with Crippen LogP contribution in [0.25, 0.3) is 0 Å². The second kappa shape index (κ2) is 6.98. The van der Waals surface area contributed by atoms with Gasteiger partial charge in [-0.25, -0.2) is 8.78 Å². The monoisotopic (exact) mass is 366 g/mol. The second-order valence-electron chi connectivity index (χ2n) is 6.07. The van der Waals surface area contributed by atoms with Gasteiger partial charge in [0, 0.05) is 17.3 Å². The number of alkyl halides is 1. The molecule has 132 valence electrons. The molecule has 2 aromatic rings. The van der Waals surface area contributed by atoms with Crippen molar-refractivity contribution in [2.45, 2.75) is 18.3 Å². The normalized spacial score (nSPS) is 22.9. The third kappa shape index (κ3) is 3.75. The number of halogens is 3. The summed E-state index contributed by atoms with van der Waals surface area (Å²) in [4.78, 5) is 14.0. The van der Waals surface area contributed by atoms with Gasteiger partial charge in [0.25, 0.3) is 5.91 Å². The first-order valence-corrected chi connectivity index (χ1v) is 8.16. The van der Waals surface area contributed by atoms with Crippen LogP contribution < -0.4 is 10.2 Å². The van der Waals surface area contributed by atoms with E-state index in [4.69, 9.17) is 11.6 Å². The number of para-hydroxylation sites is 1. The summed E-state index contributed by atoms with van der Waals surface area (Å²) in [6.45, 7) is -0.301. The standard InChI is InChI=1S/C18H17ClF2N2O2/c19-13-6-12(7-14(20)8-13)9-22-17(24)18(25)11-23(10-16(18)21)15-4-2-1-3-5-15/h1-8,16,25H,9-11H2,(H,22,24). The molecule has 0 saturated carbocycles. The Balaban J connectivity index is 1.68. The Morgan fingerprint density at radius 1 is 1.32 bits per heavy atom. The number of carbonyl (C=O) groups excluding carboxylic acids is 1. The Labute approximate surface area is 149 Å². The third-order valence-electron chi connectivity index (χ3n) is 4.22. The number of hydrogen-bond donors (Lipinski definition) is 2. The molecule has 1 saturated heterocycles. The Morgan fingerprint density at radius 3 is 2.72 bits per heavy atom. The van der Waals surface area contributed by atoms with Crippen molar-refractivity contribution in [3.8, 4) is 0 Å². The first-order valence-electron chi connectivity index (χ1n) is 7.78. The number of carbonyl (C=O) groups is 1. The maximum Gasteiger partial charge on any atom is 0.257 e. The minimum Gasteiger partial charge on any atom is -0.376 e. The van der Waals surface area contributed by atoms with Gasteiger partial charge >= 0.3 is 0 Å². The van der Waals surface area contributed by atoms with E-state index in [9.17, 15) is 18.7 Å². The van der Waals surface area contributed by atoms with Gasteiger partial charge < -0.3 is 15.3 Å². The molecule has 2 aromatic carbocycles. The van der Waals surface area contributed by atoms with Crippen molar-refractivity contribution >= 4 is 23.2 Å². The minimum atomic E-state index is -2.16. The number of β-amino-alcohol motifs (C(OH)–C–C–N with tert-alkyl or cyclic N) is 1. The summed E-state index contributed by atoms with van der Waals surface area (Å²) in [7, 11) is 0. The molecule has 2 N–H and O–H groups in total. The Kier molecular flexibility index (Phi) is 4.92. The first-order chi connectivity index (χ1) is 11.9. The summed E-state index contributed by atoms with van der Waals surface area (Å²) in [5.74, 6) is -1.37. The fraction of sp³-hybridized carbons (Fsp3) is 0.278. The van der Waals surface area contributed by atoms with Crippen LogP contribution in [0.5, 0.6) is 0 Å². The highest BCUT2D eigenvalue weighted by Crippen LogP contribution is 2.29. The van der Waals surface area contributed by atoms with Gasteiger partial charge in [-0.15, -0.1) is 0 Å². The molecule has 1 heterocycles. The highest BCUT2D eigenvalue weighted by atomic mass is 35.5. The molecule has 4 nitrogen and oxygen atoms in total. The lowest BCUT2D eigenvalue weighted by molar-refractivity contribution is -0.142. The molecule has 2 atom stereocenters. The SMILES string of the molecule is O=C(NCc1cc(F)cc(Cl)c1)C1(O)CN(c2ccccc2)CC1F. The fourth-order valence-corrected chi connectivity index (χ4v) is 3.14. The molecule has 0 aromatic heterocycles. The third-order valence-corrected chi connectivity index (χ3v) is 4.44. The first kappa shape index (κ1) is 17.6. The van der Waals surface area contributed by atoms with E-state index < -0.39 is 23.5 Å². The number of benzene rings is 2. The predicted octanol–water partition coefficient (Wildman–Crippen LogP) is 2.68. The molecule has 2 unspecified atom stereocenters. The molecule has 0 spiro atoms. The van der Waals surface area contributed by atoms with E-state index in [0.717, 1.165) is 11.8 Å². The summed E-state index contributed by atoms with van der Waals surface area (Å²) >= 11 is 5.76. The lowest BCUT2D eigenvalue weighted by Gasteiger charge is -2.24. The molecule has 0 radical (unpaired) electrons. The van der Waals surface area contributed by atoms with E-state index in [1.165, 1.54) is 12.1 Å². The second-order valence-corrected chi connectivity index (χ2v) is 6.50. The highest BCUT2D eigenvalue weighted by Gasteiger charge is 2.51. The maximum absolute atomic E-state index is 14.4. The Bertz CT molecular complexity index is 755. The van der Waals surface area contributed by atoms with E-state index in [1.54, 1.807) is 29.2 Å². The van der Waals surface area contributed by atoms with E-state index in [-0.39, 0.29) is 24.7 Å². The fourth-order valence-electron chi connectivity index (χ4n) is 2.90. The quantitative estimate of drug-likeness (QED) is 0.874. The number of aliphatic hydroxyl groups is 1. The molecule has 0 aliphatic carbocycles. The molecular weight excluding hydrogens is 350 g/mol. The number of nitrogens with one attached hydrogen (secondary N) is 1. The summed E-state index contributed by atoms with van der Waals surface area (Å²) in [6.07, 6.45) is -1.73. The zero-order valence-corrected chi connectivity index (χ0v) is 14.0. The number of rotatable bonds is 4. The zero-order chi connectivity index (χ0) is 18.0. The number of nitrogens with zero attached hydrogens (tertiary/aromatic N) is 1. The molecule has 25 heavy (non-hydrogen) atoms. The van der Waals surface area contributed by atoms with Gasteiger partial charge in [-0.3, -0.25) is 4.79 Å². The van der Waals surface area contributed by atoms with Crippen molar-refractivity contribution in [1.82, 2.24) is 5.32 Å². The van der Waals surface area contributed by atoms with E-state index in [0.29, 0.717) is 5.56 Å². The van der Waals surface area contributed by atoms with Crippen LogP contribution in [0.3, 0.4) is 0 Å². The number of anilines is 1. The minimum absolute atomic E-state index is 0.0588. The summed E-state index contributed by atoms with van der Waals surface area (Å²) < 4.78 is 27.7. The molecule has 1 fully saturated rings. The van der Waals surface area contributed by atoms with E-state index in [2.05, 4.69) is 5.32 Å². The van der Waals surface area contributed by atoms with Crippen LogP contribution in [0.15, 0.2) is 48.5 Å². The number of hydrogen-bond acceptors (Lipinski definition) is 3. The van der Waals surface area contributed by atoms with Gasteiger partial charge in [0.15, 0.2) is 11.8 Å². The van der Waals surface area contributed by atoms with Crippen LogP contribution in [0, 0.1) is 5.82 Å². The van der Waals surface area contributed by atoms with Crippen molar-refractivity contribution in [3.05, 3.63) is 64.9 Å². The van der Waals surface area contributed by atoms with Crippen LogP contribution in [0.1, 0.15) is 5.56 Å². The average molecular weight is 367 g/mol. The molecule has 1 amide bonds. The van der Waals surface area contributed by atoms with E-state index >= 15 is 0 Å². The smallest absolute Gasteiger partial charge is 0.257 e. The average Bonchev–Trinajstić information content (AvgIpc) is 2.89. The van der Waals surface area contributed by atoms with Crippen LogP contribution in [0.4, 0.5) is 14.5 Å². The van der Waals surface area contributed by atoms with E-state index in [1.807, 2.05) is 6.07 Å². The van der Waals surface area contributed by atoms with Crippen molar-refractivity contribution in [2.75, 3.05) is 18.0 Å². The maximum atomic E-state index is 14.4. The summed E-state index contributed by atoms with van der Waals surface area (Å²) in [5.41, 5.74) is -1.01. The molecular formula is C18H17ClF2N2O2. The number of amides is 1. The van der Waals surface area contributed by atoms with Crippen LogP contribution in [-0.4, -0.2) is 35.9 Å². The van der Waals surface area contributed by atoms with Gasteiger partial charge in [-0.05, 0) is 35.9 Å². The van der Waals surface area contributed by atoms with Gasteiger partial charge in [0.05, 0.1) is 13.1 Å². The van der Waals surface area contributed by atoms with Gasteiger partial charge in [0.2, 0.25) is 0 Å². The van der Waals surface area contributed by atoms with Crippen molar-refractivity contribution in [2.24, 2.45) is 0 Å². The zero-order valence-electron chi connectivity index (χ0n) is 13.3. The van der Waals surface area contributed by atoms with Crippen LogP contribution in [0.2, 0.25) is 5.02 Å². The molecule has 0 bridgehead atoms. The Hall–Kier alpha value is -2.18. The highest BCUT2D eigenvalue weighted by molar-refractivity contribution is 6.30. The molecule has 1 aliphatic heterocycles. The molecule has 1 aliphatic rings. The van der Waals surface area contributed by atoms with Crippen molar-refractivity contribution in [3.63, 3.8) is 0 Å². The molecule has 7 heteroatoms. The topological polar surface area (TPSA) is 52.6 Å². The lowest BCUT2D eigenvalue weighted by Crippen LogP contribution is -2.53. The van der Waals surface area contributed by atoms with Crippen molar-refractivity contribution < 1.29 is 18.7 Å². The van der Waals surface area contributed by atoms with Gasteiger partial charge in [-0.1, -0.05) is 29.8 Å². The lowest BCUT2D eigenvalue weighted by atomic mass is 10.0. The van der Waals surface area contributed by atoms with Crippen LogP contribution >= 0.6 is 11.6 Å². The predicted molar refractivity (Wildman–Crippen MR) is 91.8 cm³/mol. The van der Waals surface area contributed by atoms with Crippen LogP contribution in [-0.2, 0) is 11.3 Å². The van der Waals surface area contributed by atoms with Gasteiger partial charge in [0.1, 0.15) is 5.82 Å². The summed E-state index contributed by atoms with van der Waals surface area (Å²) in [5, 5.41) is 13.2. The van der Waals surface area contributed by atoms with Crippen molar-refractivity contribution in [1.29, 1.82) is 0 Å². The summed E-state index contributed by atoms with van der Waals surface area (Å²) in [6, 6.07) is 12.8. The Morgan fingerprint density at radius 2 is 2.04 bits per heavy atom. The largest absolute Gasteiger partial charge is 0.376 e.